The number of thiazole rings is 1. The maximum absolute atomic E-state index is 11.9. The number of nitrogens with zero attached hydrogens (tertiary/aromatic N) is 1. The number of hydrogen-bond donors (Lipinski definition) is 2. The standard InChI is InChI=1S/C15H15BrN2O3S/c1-15(2,14(20)21)18-12(19)7-11-8-22-13(17-11)9-4-3-5-10(16)6-9/h3-6,8H,7H2,1-2H3,(H,18,19)(H,20,21). The van der Waals surface area contributed by atoms with E-state index in [1.807, 2.05) is 29.6 Å². The van der Waals surface area contributed by atoms with E-state index in [0.717, 1.165) is 15.0 Å². The van der Waals surface area contributed by atoms with Crippen LogP contribution in [0.2, 0.25) is 0 Å². The number of carboxylic acids is 1. The number of amides is 1. The molecule has 2 N–H and O–H groups in total. The van der Waals surface area contributed by atoms with Crippen LogP contribution in [-0.4, -0.2) is 27.5 Å². The Hall–Kier alpha value is -1.73. The first-order valence-corrected chi connectivity index (χ1v) is 8.20. The van der Waals surface area contributed by atoms with E-state index in [-0.39, 0.29) is 12.3 Å². The highest BCUT2D eigenvalue weighted by molar-refractivity contribution is 9.10. The summed E-state index contributed by atoms with van der Waals surface area (Å²) in [6.45, 7) is 2.89. The molecule has 0 aliphatic rings. The zero-order chi connectivity index (χ0) is 16.3. The van der Waals surface area contributed by atoms with E-state index in [4.69, 9.17) is 5.11 Å². The fourth-order valence-corrected chi connectivity index (χ4v) is 2.97. The molecule has 22 heavy (non-hydrogen) atoms. The third kappa shape index (κ3) is 4.14. The Morgan fingerprint density at radius 2 is 2.14 bits per heavy atom. The molecule has 0 spiro atoms. The second-order valence-corrected chi connectivity index (χ2v) is 7.08. The van der Waals surface area contributed by atoms with E-state index < -0.39 is 11.5 Å². The van der Waals surface area contributed by atoms with Crippen molar-refractivity contribution in [2.75, 3.05) is 0 Å². The summed E-state index contributed by atoms with van der Waals surface area (Å²) in [7, 11) is 0. The molecule has 1 aromatic heterocycles. The molecule has 2 rings (SSSR count). The second kappa shape index (κ2) is 6.58. The minimum absolute atomic E-state index is 0.0568. The summed E-state index contributed by atoms with van der Waals surface area (Å²) >= 11 is 4.86. The van der Waals surface area contributed by atoms with Gasteiger partial charge in [-0.2, -0.15) is 0 Å². The van der Waals surface area contributed by atoms with Crippen molar-refractivity contribution < 1.29 is 14.7 Å². The zero-order valence-corrected chi connectivity index (χ0v) is 14.5. The lowest BCUT2D eigenvalue weighted by molar-refractivity contribution is -0.145. The van der Waals surface area contributed by atoms with Crippen LogP contribution in [0.15, 0.2) is 34.1 Å². The molecule has 0 saturated heterocycles. The SMILES string of the molecule is CC(C)(NC(=O)Cc1csc(-c2cccc(Br)c2)n1)C(=O)O. The van der Waals surface area contributed by atoms with E-state index in [2.05, 4.69) is 26.2 Å². The van der Waals surface area contributed by atoms with Crippen LogP contribution in [-0.2, 0) is 16.0 Å². The number of benzene rings is 1. The topological polar surface area (TPSA) is 79.3 Å². The lowest BCUT2D eigenvalue weighted by Crippen LogP contribution is -2.50. The molecule has 0 fully saturated rings. The van der Waals surface area contributed by atoms with Gasteiger partial charge in [-0.3, -0.25) is 4.79 Å². The van der Waals surface area contributed by atoms with E-state index in [0.29, 0.717) is 5.69 Å². The maximum Gasteiger partial charge on any atom is 0.328 e. The third-order valence-electron chi connectivity index (χ3n) is 2.95. The molecule has 0 aliphatic carbocycles. The van der Waals surface area contributed by atoms with Gasteiger partial charge in [-0.25, -0.2) is 9.78 Å². The smallest absolute Gasteiger partial charge is 0.328 e. The van der Waals surface area contributed by atoms with Crippen molar-refractivity contribution in [3.05, 3.63) is 39.8 Å². The highest BCUT2D eigenvalue weighted by Crippen LogP contribution is 2.26. The average Bonchev–Trinajstić information content (AvgIpc) is 2.86. The van der Waals surface area contributed by atoms with Crippen molar-refractivity contribution in [2.24, 2.45) is 0 Å². The van der Waals surface area contributed by atoms with Crippen molar-refractivity contribution in [3.8, 4) is 10.6 Å². The van der Waals surface area contributed by atoms with Crippen LogP contribution in [0, 0.1) is 0 Å². The number of carboxylic acid groups (broad SMARTS) is 1. The van der Waals surface area contributed by atoms with Gasteiger partial charge in [0.2, 0.25) is 5.91 Å². The maximum atomic E-state index is 11.9. The van der Waals surface area contributed by atoms with Crippen LogP contribution in [0.3, 0.4) is 0 Å². The molecule has 5 nitrogen and oxygen atoms in total. The molecule has 0 unspecified atom stereocenters. The van der Waals surface area contributed by atoms with Crippen LogP contribution in [0.1, 0.15) is 19.5 Å². The fraction of sp³-hybridized carbons (Fsp3) is 0.267. The largest absolute Gasteiger partial charge is 0.480 e. The molecule has 7 heteroatoms. The number of aromatic nitrogens is 1. The summed E-state index contributed by atoms with van der Waals surface area (Å²) in [5.41, 5.74) is 0.302. The van der Waals surface area contributed by atoms with Crippen LogP contribution in [0.5, 0.6) is 0 Å². The Morgan fingerprint density at radius 3 is 2.77 bits per heavy atom. The number of carbonyl (C=O) groups excluding carboxylic acids is 1. The van der Waals surface area contributed by atoms with E-state index >= 15 is 0 Å². The first-order chi connectivity index (χ1) is 10.3. The molecule has 2 aromatic rings. The van der Waals surface area contributed by atoms with Crippen LogP contribution in [0.4, 0.5) is 0 Å². The van der Waals surface area contributed by atoms with Crippen molar-refractivity contribution >= 4 is 39.1 Å². The Bertz CT molecular complexity index is 712. The van der Waals surface area contributed by atoms with E-state index in [1.165, 1.54) is 25.2 Å². The van der Waals surface area contributed by atoms with Gasteiger partial charge in [0.15, 0.2) is 0 Å². The minimum atomic E-state index is -1.29. The Morgan fingerprint density at radius 1 is 1.41 bits per heavy atom. The highest BCUT2D eigenvalue weighted by Gasteiger charge is 2.29. The number of hydrogen-bond acceptors (Lipinski definition) is 4. The average molecular weight is 383 g/mol. The second-order valence-electron chi connectivity index (χ2n) is 5.31. The molecule has 0 saturated carbocycles. The summed E-state index contributed by atoms with van der Waals surface area (Å²) < 4.78 is 0.961. The molecule has 0 atom stereocenters. The lowest BCUT2D eigenvalue weighted by atomic mass is 10.1. The first kappa shape index (κ1) is 16.6. The molecule has 116 valence electrons. The Balaban J connectivity index is 2.06. The molecule has 1 heterocycles. The summed E-state index contributed by atoms with van der Waals surface area (Å²) in [6.07, 6.45) is 0.0568. The Labute approximate surface area is 140 Å². The summed E-state index contributed by atoms with van der Waals surface area (Å²) in [6, 6.07) is 7.75. The van der Waals surface area contributed by atoms with Crippen molar-refractivity contribution in [2.45, 2.75) is 25.8 Å². The summed E-state index contributed by atoms with van der Waals surface area (Å²) in [5, 5.41) is 14.1. The molecular weight excluding hydrogens is 368 g/mol. The van der Waals surface area contributed by atoms with E-state index in [1.54, 1.807) is 0 Å². The molecule has 1 aromatic carbocycles. The number of carbonyl (C=O) groups is 2. The van der Waals surface area contributed by atoms with Crippen molar-refractivity contribution in [3.63, 3.8) is 0 Å². The van der Waals surface area contributed by atoms with Gasteiger partial charge in [-0.15, -0.1) is 11.3 Å². The van der Waals surface area contributed by atoms with Crippen LogP contribution < -0.4 is 5.32 Å². The van der Waals surface area contributed by atoms with Gasteiger partial charge in [-0.1, -0.05) is 28.1 Å². The van der Waals surface area contributed by atoms with Gasteiger partial charge < -0.3 is 10.4 Å². The number of nitrogens with one attached hydrogen (secondary N) is 1. The highest BCUT2D eigenvalue weighted by atomic mass is 79.9. The predicted molar refractivity (Wildman–Crippen MR) is 88.8 cm³/mol. The van der Waals surface area contributed by atoms with Gasteiger partial charge >= 0.3 is 5.97 Å². The number of halogens is 1. The van der Waals surface area contributed by atoms with Gasteiger partial charge in [-0.05, 0) is 26.0 Å². The normalized spacial score (nSPS) is 11.2. The van der Waals surface area contributed by atoms with Crippen molar-refractivity contribution in [1.82, 2.24) is 10.3 Å². The van der Waals surface area contributed by atoms with Gasteiger partial charge in [0.25, 0.3) is 0 Å². The zero-order valence-electron chi connectivity index (χ0n) is 12.1. The first-order valence-electron chi connectivity index (χ1n) is 6.53. The van der Waals surface area contributed by atoms with Gasteiger partial charge in [0, 0.05) is 15.4 Å². The quantitative estimate of drug-likeness (QED) is 0.832. The Kier molecular flexibility index (Phi) is 4.97. The molecule has 1 amide bonds. The lowest BCUT2D eigenvalue weighted by Gasteiger charge is -2.20. The molecule has 0 radical (unpaired) electrons. The minimum Gasteiger partial charge on any atom is -0.480 e. The molecule has 0 aliphatic heterocycles. The van der Waals surface area contributed by atoms with Crippen LogP contribution in [0.25, 0.3) is 10.6 Å². The monoisotopic (exact) mass is 382 g/mol. The van der Waals surface area contributed by atoms with E-state index in [9.17, 15) is 9.59 Å². The summed E-state index contributed by atoms with van der Waals surface area (Å²) in [5.74, 6) is -1.44. The van der Waals surface area contributed by atoms with Gasteiger partial charge in [0.05, 0.1) is 12.1 Å². The predicted octanol–water partition coefficient (Wildman–Crippen LogP) is 3.09. The van der Waals surface area contributed by atoms with Crippen molar-refractivity contribution in [1.29, 1.82) is 0 Å². The number of rotatable bonds is 5. The molecular formula is C15H15BrN2O3S. The van der Waals surface area contributed by atoms with Gasteiger partial charge in [0.1, 0.15) is 10.5 Å². The fourth-order valence-electron chi connectivity index (χ4n) is 1.75. The van der Waals surface area contributed by atoms with Crippen LogP contribution >= 0.6 is 27.3 Å². The number of aliphatic carboxylic acids is 1. The summed E-state index contributed by atoms with van der Waals surface area (Å²) in [4.78, 5) is 27.3. The molecule has 0 bridgehead atoms. The third-order valence-corrected chi connectivity index (χ3v) is 4.39.